The number of rotatable bonds is 2. The topological polar surface area (TPSA) is 65.7 Å². The highest BCUT2D eigenvalue weighted by molar-refractivity contribution is 5.96. The van der Waals surface area contributed by atoms with Gasteiger partial charge in [-0.15, -0.1) is 0 Å². The maximum Gasteiger partial charge on any atom is 0.281 e. The molecule has 0 saturated carbocycles. The summed E-state index contributed by atoms with van der Waals surface area (Å²) >= 11 is 0. The molecule has 2 aromatic carbocycles. The Morgan fingerprint density at radius 3 is 2.52 bits per heavy atom. The average Bonchev–Trinajstić information content (AvgIpc) is 2.60. The quantitative estimate of drug-likeness (QED) is 0.532. The minimum absolute atomic E-state index is 0.261. The number of hydrogen-bond acceptors (Lipinski definition) is 5. The van der Waals surface area contributed by atoms with Crippen molar-refractivity contribution in [3.63, 3.8) is 0 Å². The third kappa shape index (κ3) is 1.92. The number of aromatic nitrogens is 3. The maximum atomic E-state index is 12.3. The molecule has 6 nitrogen and oxygen atoms in total. The van der Waals surface area contributed by atoms with Crippen molar-refractivity contribution in [1.82, 2.24) is 14.4 Å². The van der Waals surface area contributed by atoms with Gasteiger partial charge in [0.1, 0.15) is 6.33 Å². The smallest absolute Gasteiger partial charge is 0.281 e. The van der Waals surface area contributed by atoms with E-state index in [9.17, 15) is 4.79 Å². The molecule has 0 amide bonds. The second-order valence-electron chi connectivity index (χ2n) is 5.10. The first-order valence-electron chi connectivity index (χ1n) is 7.05. The van der Waals surface area contributed by atoms with Crippen LogP contribution in [0.5, 0.6) is 11.5 Å². The maximum absolute atomic E-state index is 12.3. The van der Waals surface area contributed by atoms with Crippen molar-refractivity contribution in [3.8, 4) is 11.5 Å². The number of para-hydroxylation sites is 1. The van der Waals surface area contributed by atoms with Crippen LogP contribution in [-0.4, -0.2) is 28.6 Å². The lowest BCUT2D eigenvalue weighted by atomic mass is 10.2. The van der Waals surface area contributed by atoms with Crippen molar-refractivity contribution >= 4 is 27.5 Å². The third-order valence-corrected chi connectivity index (χ3v) is 3.88. The minimum atomic E-state index is -0.261. The molecular weight excluding hydrogens is 294 g/mol. The average molecular weight is 307 g/mol. The summed E-state index contributed by atoms with van der Waals surface area (Å²) in [5.74, 6) is 1.15. The van der Waals surface area contributed by atoms with Gasteiger partial charge in [-0.05, 0) is 18.2 Å². The van der Waals surface area contributed by atoms with Crippen molar-refractivity contribution in [1.29, 1.82) is 0 Å². The lowest BCUT2D eigenvalue weighted by molar-refractivity contribution is 0.356. The zero-order chi connectivity index (χ0) is 16.0. The first-order valence-corrected chi connectivity index (χ1v) is 7.05. The van der Waals surface area contributed by atoms with Crippen molar-refractivity contribution in [2.45, 2.75) is 0 Å². The van der Waals surface area contributed by atoms with Crippen LogP contribution in [-0.2, 0) is 0 Å². The van der Waals surface area contributed by atoms with Gasteiger partial charge in [-0.3, -0.25) is 9.20 Å². The van der Waals surface area contributed by atoms with Gasteiger partial charge >= 0.3 is 0 Å². The Hall–Kier alpha value is -3.15. The fourth-order valence-corrected chi connectivity index (χ4v) is 2.77. The normalized spacial score (nSPS) is 11.2. The Labute approximate surface area is 130 Å². The molecule has 0 atom stereocenters. The molecular formula is C17H13N3O3. The van der Waals surface area contributed by atoms with Crippen LogP contribution in [0, 0.1) is 0 Å². The van der Waals surface area contributed by atoms with E-state index in [2.05, 4.69) is 9.97 Å². The molecule has 0 N–H and O–H groups in total. The number of benzene rings is 2. The van der Waals surface area contributed by atoms with Gasteiger partial charge in [0.15, 0.2) is 17.1 Å². The fraction of sp³-hybridized carbons (Fsp3) is 0.118. The van der Waals surface area contributed by atoms with Crippen LogP contribution in [0.3, 0.4) is 0 Å². The van der Waals surface area contributed by atoms with E-state index in [1.165, 1.54) is 0 Å². The second kappa shape index (κ2) is 4.95. The molecule has 0 fully saturated rings. The molecule has 2 aromatic heterocycles. The van der Waals surface area contributed by atoms with Crippen LogP contribution < -0.4 is 15.0 Å². The molecule has 0 unspecified atom stereocenters. The number of nitrogens with zero attached hydrogens (tertiary/aromatic N) is 3. The summed E-state index contributed by atoms with van der Waals surface area (Å²) in [6.07, 6.45) is 1.67. The molecule has 2 heterocycles. The Morgan fingerprint density at radius 1 is 1.00 bits per heavy atom. The molecule has 0 saturated heterocycles. The van der Waals surface area contributed by atoms with Gasteiger partial charge in [-0.2, -0.15) is 4.98 Å². The predicted molar refractivity (Wildman–Crippen MR) is 87.4 cm³/mol. The molecule has 0 aliphatic carbocycles. The van der Waals surface area contributed by atoms with Gasteiger partial charge in [-0.1, -0.05) is 12.1 Å². The highest BCUT2D eigenvalue weighted by Gasteiger charge is 2.12. The molecule has 0 aliphatic rings. The number of fused-ring (bicyclic) bond motifs is 5. The number of hydrogen-bond donors (Lipinski definition) is 0. The van der Waals surface area contributed by atoms with E-state index in [1.54, 1.807) is 38.7 Å². The predicted octanol–water partition coefficient (Wildman–Crippen LogP) is 2.41. The standard InChI is InChI=1S/C17H13N3O3/c1-22-14-7-11-12(8-15(14)23-2)18-9-20-13-6-4-3-5-10(13)17(21)19-16(11)20/h3-9H,1-2H3. The first-order chi connectivity index (χ1) is 11.2. The lowest BCUT2D eigenvalue weighted by Crippen LogP contribution is -2.11. The molecule has 114 valence electrons. The van der Waals surface area contributed by atoms with Gasteiger partial charge in [-0.25, -0.2) is 4.98 Å². The van der Waals surface area contributed by atoms with Crippen LogP contribution in [0.1, 0.15) is 0 Å². The monoisotopic (exact) mass is 307 g/mol. The summed E-state index contributed by atoms with van der Waals surface area (Å²) in [7, 11) is 3.14. The van der Waals surface area contributed by atoms with E-state index in [4.69, 9.17) is 9.47 Å². The summed E-state index contributed by atoms with van der Waals surface area (Å²) in [5.41, 5.74) is 1.74. The van der Waals surface area contributed by atoms with E-state index >= 15 is 0 Å². The van der Waals surface area contributed by atoms with Crippen LogP contribution in [0.25, 0.3) is 27.5 Å². The Bertz CT molecular complexity index is 1120. The zero-order valence-electron chi connectivity index (χ0n) is 12.6. The molecule has 0 radical (unpaired) electrons. The molecule has 4 aromatic rings. The highest BCUT2D eigenvalue weighted by Crippen LogP contribution is 2.32. The number of ether oxygens (including phenoxy) is 2. The summed E-state index contributed by atoms with van der Waals surface area (Å²) < 4.78 is 12.4. The first kappa shape index (κ1) is 13.5. The molecule has 0 bridgehead atoms. The van der Waals surface area contributed by atoms with E-state index in [-0.39, 0.29) is 5.56 Å². The zero-order valence-corrected chi connectivity index (χ0v) is 12.6. The van der Waals surface area contributed by atoms with Gasteiger partial charge in [0, 0.05) is 11.5 Å². The van der Waals surface area contributed by atoms with Crippen LogP contribution in [0.4, 0.5) is 0 Å². The van der Waals surface area contributed by atoms with Crippen molar-refractivity contribution in [2.24, 2.45) is 0 Å². The van der Waals surface area contributed by atoms with E-state index in [0.29, 0.717) is 28.0 Å². The lowest BCUT2D eigenvalue weighted by Gasteiger charge is -2.11. The second-order valence-corrected chi connectivity index (χ2v) is 5.10. The van der Waals surface area contributed by atoms with Crippen LogP contribution in [0.2, 0.25) is 0 Å². The van der Waals surface area contributed by atoms with Crippen molar-refractivity contribution in [2.75, 3.05) is 14.2 Å². The largest absolute Gasteiger partial charge is 0.493 e. The summed E-state index contributed by atoms with van der Waals surface area (Å²) in [5, 5.41) is 1.29. The van der Waals surface area contributed by atoms with Crippen LogP contribution >= 0.6 is 0 Å². The van der Waals surface area contributed by atoms with Crippen LogP contribution in [0.15, 0.2) is 47.5 Å². The Morgan fingerprint density at radius 2 is 1.74 bits per heavy atom. The minimum Gasteiger partial charge on any atom is -0.493 e. The van der Waals surface area contributed by atoms with Crippen molar-refractivity contribution < 1.29 is 9.47 Å². The molecule has 0 spiro atoms. The van der Waals surface area contributed by atoms with Gasteiger partial charge in [0.2, 0.25) is 0 Å². The molecule has 0 aliphatic heterocycles. The summed E-state index contributed by atoms with van der Waals surface area (Å²) in [4.78, 5) is 21.0. The number of methoxy groups -OCH3 is 2. The van der Waals surface area contributed by atoms with Gasteiger partial charge in [0.25, 0.3) is 5.56 Å². The fourth-order valence-electron chi connectivity index (χ4n) is 2.77. The van der Waals surface area contributed by atoms with E-state index in [0.717, 1.165) is 10.9 Å². The molecule has 23 heavy (non-hydrogen) atoms. The molecule has 6 heteroatoms. The molecule has 4 rings (SSSR count). The Kier molecular flexibility index (Phi) is 2.90. The van der Waals surface area contributed by atoms with Gasteiger partial charge < -0.3 is 9.47 Å². The van der Waals surface area contributed by atoms with Gasteiger partial charge in [0.05, 0.1) is 30.6 Å². The van der Waals surface area contributed by atoms with E-state index < -0.39 is 0 Å². The Balaban J connectivity index is 2.22. The third-order valence-electron chi connectivity index (χ3n) is 3.88. The summed E-state index contributed by atoms with van der Waals surface area (Å²) in [6, 6.07) is 10.9. The SMILES string of the molecule is COc1cc2ncn3c4ccccc4c(=O)nc3c2cc1OC. The van der Waals surface area contributed by atoms with E-state index in [1.807, 2.05) is 22.6 Å². The highest BCUT2D eigenvalue weighted by atomic mass is 16.5. The van der Waals surface area contributed by atoms with Crippen molar-refractivity contribution in [3.05, 3.63) is 53.1 Å². The summed E-state index contributed by atoms with van der Waals surface area (Å²) in [6.45, 7) is 0.